The van der Waals surface area contributed by atoms with E-state index in [0.29, 0.717) is 11.8 Å². The van der Waals surface area contributed by atoms with Gasteiger partial charge in [-0.25, -0.2) is 0 Å². The highest BCUT2D eigenvalue weighted by molar-refractivity contribution is 5.89. The molecule has 1 amide bonds. The van der Waals surface area contributed by atoms with Crippen molar-refractivity contribution in [2.24, 2.45) is 5.92 Å². The van der Waals surface area contributed by atoms with Gasteiger partial charge >= 0.3 is 0 Å². The molecule has 2 bridgehead atoms. The molecule has 6 rings (SSSR count). The van der Waals surface area contributed by atoms with Crippen LogP contribution in [-0.4, -0.2) is 28.5 Å². The number of hydrogen-bond acceptors (Lipinski definition) is 3. The Balaban J connectivity index is 1.18. The SMILES string of the molecule is CC(=O)Nc1ccc(-c2ccc3n(c2=O)C[C@H]2C[C@@H]3C[NH+](Cc3ccc(-c4ccccn4)cc3)C2)cc1. The summed E-state index contributed by atoms with van der Waals surface area (Å²) in [6, 6.07) is 26.4. The minimum absolute atomic E-state index is 0.0908. The molecule has 2 aromatic heterocycles. The van der Waals surface area contributed by atoms with Crippen LogP contribution in [0.5, 0.6) is 0 Å². The summed E-state index contributed by atoms with van der Waals surface area (Å²) in [7, 11) is 0. The van der Waals surface area contributed by atoms with Crippen molar-refractivity contribution < 1.29 is 9.69 Å². The summed E-state index contributed by atoms with van der Waals surface area (Å²) >= 11 is 0. The molecule has 2 N–H and O–H groups in total. The molecule has 4 heterocycles. The average Bonchev–Trinajstić information content (AvgIpc) is 2.90. The maximum atomic E-state index is 13.5. The van der Waals surface area contributed by atoms with Crippen LogP contribution in [0.2, 0.25) is 0 Å². The summed E-state index contributed by atoms with van der Waals surface area (Å²) in [5.74, 6) is 0.800. The lowest BCUT2D eigenvalue weighted by Crippen LogP contribution is -3.13. The zero-order valence-corrected chi connectivity index (χ0v) is 21.0. The second-order valence-corrected chi connectivity index (χ2v) is 10.4. The van der Waals surface area contributed by atoms with E-state index in [4.69, 9.17) is 0 Å². The van der Waals surface area contributed by atoms with Crippen molar-refractivity contribution in [3.05, 3.63) is 107 Å². The van der Waals surface area contributed by atoms with Gasteiger partial charge in [0.15, 0.2) is 0 Å². The van der Waals surface area contributed by atoms with Gasteiger partial charge in [0.25, 0.3) is 5.56 Å². The first-order chi connectivity index (χ1) is 18.0. The number of likely N-dealkylation sites (tertiary alicyclic amines) is 1. The van der Waals surface area contributed by atoms with Crippen LogP contribution < -0.4 is 15.8 Å². The molecule has 4 aromatic rings. The number of hydrogen-bond donors (Lipinski definition) is 2. The highest BCUT2D eigenvalue weighted by Gasteiger charge is 2.37. The van der Waals surface area contributed by atoms with E-state index in [1.54, 1.807) is 4.90 Å². The standard InChI is InChI=1S/C31H30N4O2/c1-21(36)33-27-11-9-24(10-12-27)28-13-14-30-26-16-23(19-35(30)31(28)37)18-34(20-26)17-22-5-7-25(8-6-22)29-4-2-3-15-32-29/h2-15,23,26H,16-20H2,1H3,(H,33,36)/p+1/t23-,26+/m0/s1. The van der Waals surface area contributed by atoms with Crippen LogP contribution in [0.3, 0.4) is 0 Å². The predicted octanol–water partition coefficient (Wildman–Crippen LogP) is 3.74. The molecular formula is C31H31N4O2+. The fourth-order valence-electron chi connectivity index (χ4n) is 6.09. The van der Waals surface area contributed by atoms with Crippen LogP contribution >= 0.6 is 0 Å². The third-order valence-corrected chi connectivity index (χ3v) is 7.68. The van der Waals surface area contributed by atoms with Gasteiger partial charge in [-0.2, -0.15) is 0 Å². The normalized spacial score (nSPS) is 20.2. The van der Waals surface area contributed by atoms with Crippen molar-refractivity contribution in [3.8, 4) is 22.4 Å². The second-order valence-electron chi connectivity index (χ2n) is 10.4. The van der Waals surface area contributed by atoms with Crippen LogP contribution in [-0.2, 0) is 17.9 Å². The van der Waals surface area contributed by atoms with E-state index in [2.05, 4.69) is 40.6 Å². The zero-order valence-electron chi connectivity index (χ0n) is 21.0. The molecule has 2 aliphatic rings. The number of amides is 1. The van der Waals surface area contributed by atoms with Gasteiger partial charge in [-0.1, -0.05) is 42.5 Å². The number of rotatable bonds is 5. The van der Waals surface area contributed by atoms with Gasteiger partial charge in [-0.05, 0) is 48.4 Å². The lowest BCUT2D eigenvalue weighted by molar-refractivity contribution is -0.924. The number of carbonyl (C=O) groups is 1. The molecule has 1 saturated heterocycles. The molecular weight excluding hydrogens is 460 g/mol. The van der Waals surface area contributed by atoms with Crippen molar-refractivity contribution in [1.82, 2.24) is 9.55 Å². The van der Waals surface area contributed by atoms with Crippen LogP contribution in [0.15, 0.2) is 89.9 Å². The summed E-state index contributed by atoms with van der Waals surface area (Å²) in [6.07, 6.45) is 2.99. The molecule has 37 heavy (non-hydrogen) atoms. The van der Waals surface area contributed by atoms with Crippen molar-refractivity contribution in [2.45, 2.75) is 32.4 Å². The number of quaternary nitrogens is 1. The van der Waals surface area contributed by atoms with Gasteiger partial charge in [-0.15, -0.1) is 0 Å². The molecule has 186 valence electrons. The molecule has 0 saturated carbocycles. The topological polar surface area (TPSA) is 68.4 Å². The largest absolute Gasteiger partial charge is 0.330 e. The maximum Gasteiger partial charge on any atom is 0.258 e. The Hall–Kier alpha value is -4.03. The van der Waals surface area contributed by atoms with Crippen molar-refractivity contribution in [2.75, 3.05) is 18.4 Å². The third kappa shape index (κ3) is 4.85. The third-order valence-electron chi connectivity index (χ3n) is 7.68. The summed E-state index contributed by atoms with van der Waals surface area (Å²) in [5, 5.41) is 2.78. The van der Waals surface area contributed by atoms with Gasteiger partial charge in [0.2, 0.25) is 5.91 Å². The monoisotopic (exact) mass is 491 g/mol. The Kier molecular flexibility index (Phi) is 6.18. The van der Waals surface area contributed by atoms with E-state index in [-0.39, 0.29) is 11.5 Å². The zero-order chi connectivity index (χ0) is 25.4. The van der Waals surface area contributed by atoms with Crippen molar-refractivity contribution in [3.63, 3.8) is 0 Å². The molecule has 1 unspecified atom stereocenters. The van der Waals surface area contributed by atoms with Crippen LogP contribution in [0.4, 0.5) is 5.69 Å². The molecule has 2 aromatic carbocycles. The Labute approximate surface area is 216 Å². The van der Waals surface area contributed by atoms with Gasteiger partial charge in [0.1, 0.15) is 6.54 Å². The van der Waals surface area contributed by atoms with E-state index in [9.17, 15) is 9.59 Å². The summed E-state index contributed by atoms with van der Waals surface area (Å²) in [5.41, 5.74) is 7.07. The molecule has 2 aliphatic heterocycles. The first-order valence-corrected chi connectivity index (χ1v) is 13.0. The quantitative estimate of drug-likeness (QED) is 0.447. The molecule has 0 radical (unpaired) electrons. The molecule has 6 nitrogen and oxygen atoms in total. The summed E-state index contributed by atoms with van der Waals surface area (Å²) in [6.45, 7) is 5.40. The Morgan fingerprint density at radius 1 is 0.973 bits per heavy atom. The van der Waals surface area contributed by atoms with Gasteiger partial charge in [0.05, 0.1) is 18.8 Å². The lowest BCUT2D eigenvalue weighted by atomic mass is 9.82. The predicted molar refractivity (Wildman–Crippen MR) is 145 cm³/mol. The van der Waals surface area contributed by atoms with Gasteiger partial charge in [0, 0.05) is 59.6 Å². The van der Waals surface area contributed by atoms with E-state index < -0.39 is 0 Å². The second kappa shape index (κ2) is 9.79. The summed E-state index contributed by atoms with van der Waals surface area (Å²) in [4.78, 5) is 30.9. The van der Waals surface area contributed by atoms with E-state index in [1.165, 1.54) is 18.2 Å². The van der Waals surface area contributed by atoms with Crippen LogP contribution in [0, 0.1) is 5.92 Å². The van der Waals surface area contributed by atoms with E-state index in [1.807, 2.05) is 59.3 Å². The number of fused-ring (bicyclic) bond motifs is 4. The molecule has 6 heteroatoms. The number of benzene rings is 2. The fourth-order valence-corrected chi connectivity index (χ4v) is 6.09. The van der Waals surface area contributed by atoms with Gasteiger partial charge < -0.3 is 14.8 Å². The molecule has 0 spiro atoms. The summed E-state index contributed by atoms with van der Waals surface area (Å²) < 4.78 is 2.02. The van der Waals surface area contributed by atoms with Crippen molar-refractivity contribution in [1.29, 1.82) is 0 Å². The highest BCUT2D eigenvalue weighted by atomic mass is 16.1. The molecule has 1 fully saturated rings. The number of anilines is 1. The number of aromatic nitrogens is 2. The number of nitrogens with zero attached hydrogens (tertiary/aromatic N) is 2. The number of nitrogens with one attached hydrogen (secondary N) is 2. The van der Waals surface area contributed by atoms with Crippen LogP contribution in [0.1, 0.15) is 30.5 Å². The van der Waals surface area contributed by atoms with Gasteiger partial charge in [-0.3, -0.25) is 14.6 Å². The minimum atomic E-state index is -0.106. The Bertz CT molecular complexity index is 1480. The first-order valence-electron chi connectivity index (χ1n) is 13.0. The average molecular weight is 492 g/mol. The van der Waals surface area contributed by atoms with Crippen LogP contribution in [0.25, 0.3) is 22.4 Å². The van der Waals surface area contributed by atoms with Crippen molar-refractivity contribution >= 4 is 11.6 Å². The number of pyridine rings is 2. The maximum absolute atomic E-state index is 13.5. The number of carbonyl (C=O) groups excluding carboxylic acids is 1. The minimum Gasteiger partial charge on any atom is -0.330 e. The fraction of sp³-hybridized carbons (Fsp3) is 0.258. The highest BCUT2D eigenvalue weighted by Crippen LogP contribution is 2.32. The Morgan fingerprint density at radius 2 is 1.76 bits per heavy atom. The smallest absolute Gasteiger partial charge is 0.258 e. The first kappa shape index (κ1) is 23.4. The molecule has 3 atom stereocenters. The number of piperidine rings is 1. The van der Waals surface area contributed by atoms with E-state index >= 15 is 0 Å². The Morgan fingerprint density at radius 3 is 2.49 bits per heavy atom. The lowest BCUT2D eigenvalue weighted by Gasteiger charge is -2.40. The molecule has 0 aliphatic carbocycles. The van der Waals surface area contributed by atoms with E-state index in [0.717, 1.165) is 60.7 Å².